The Labute approximate surface area is 105 Å². The van der Waals surface area contributed by atoms with Gasteiger partial charge in [0, 0.05) is 19.5 Å². The van der Waals surface area contributed by atoms with Gasteiger partial charge in [-0.25, -0.2) is 0 Å². The third-order valence-electron chi connectivity index (χ3n) is 3.27. The van der Waals surface area contributed by atoms with Gasteiger partial charge in [-0.1, -0.05) is 11.6 Å². The Kier molecular flexibility index (Phi) is 4.00. The highest BCUT2D eigenvalue weighted by Gasteiger charge is 2.35. The van der Waals surface area contributed by atoms with E-state index >= 15 is 0 Å². The van der Waals surface area contributed by atoms with Crippen LogP contribution in [0.4, 0.5) is 13.2 Å². The van der Waals surface area contributed by atoms with E-state index in [1.165, 1.54) is 10.5 Å². The maximum absolute atomic E-state index is 12.2. The molecule has 0 radical (unpaired) electrons. The molecular weight excluding hydrogens is 243 g/mol. The van der Waals surface area contributed by atoms with Crippen molar-refractivity contribution >= 4 is 0 Å². The first-order valence-electron chi connectivity index (χ1n) is 6.24. The Morgan fingerprint density at radius 1 is 1.33 bits per heavy atom. The van der Waals surface area contributed by atoms with E-state index in [4.69, 9.17) is 4.74 Å². The third kappa shape index (κ3) is 4.05. The van der Waals surface area contributed by atoms with Gasteiger partial charge in [0.25, 0.3) is 0 Å². The number of nitrogens with zero attached hydrogens (tertiary/aromatic N) is 1. The number of likely N-dealkylation sites (tertiary alicyclic amines) is 1. The molecule has 1 saturated heterocycles. The van der Waals surface area contributed by atoms with Gasteiger partial charge in [-0.3, -0.25) is 4.90 Å². The summed E-state index contributed by atoms with van der Waals surface area (Å²) in [4.78, 5) is 1.41. The van der Waals surface area contributed by atoms with Crippen molar-refractivity contribution in [1.82, 2.24) is 4.90 Å². The summed E-state index contributed by atoms with van der Waals surface area (Å²) in [6.45, 7) is 2.07. The molecule has 0 aromatic heterocycles. The van der Waals surface area contributed by atoms with Gasteiger partial charge in [0.1, 0.15) is 6.10 Å². The molecule has 0 aromatic rings. The van der Waals surface area contributed by atoms with Crippen molar-refractivity contribution in [1.29, 1.82) is 0 Å². The highest BCUT2D eigenvalue weighted by atomic mass is 19.4. The maximum atomic E-state index is 12.2. The van der Waals surface area contributed by atoms with Crippen LogP contribution in [-0.2, 0) is 4.74 Å². The fourth-order valence-electron chi connectivity index (χ4n) is 2.32. The summed E-state index contributed by atoms with van der Waals surface area (Å²) < 4.78 is 42.5. The lowest BCUT2D eigenvalue weighted by Gasteiger charge is -2.20. The van der Waals surface area contributed by atoms with Crippen LogP contribution in [0.15, 0.2) is 23.5 Å². The van der Waals surface area contributed by atoms with E-state index in [1.807, 2.05) is 12.2 Å². The van der Waals surface area contributed by atoms with E-state index in [0.29, 0.717) is 19.5 Å². The largest absolute Gasteiger partial charge is 0.493 e. The van der Waals surface area contributed by atoms with Crippen molar-refractivity contribution in [2.45, 2.75) is 38.5 Å². The van der Waals surface area contributed by atoms with E-state index in [1.54, 1.807) is 0 Å². The Balaban J connectivity index is 1.80. The average Bonchev–Trinajstić information content (AvgIpc) is 2.66. The number of alkyl halides is 3. The molecular formula is C13H18F3NO. The predicted octanol–water partition coefficient (Wildman–Crippen LogP) is 3.26. The zero-order valence-electron chi connectivity index (χ0n) is 10.5. The highest BCUT2D eigenvalue weighted by molar-refractivity contribution is 5.19. The SMILES string of the molecule is CC1=CC=C(OC2CCN(CC(F)(F)F)C2)CC1. The van der Waals surface area contributed by atoms with Crippen LogP contribution in [0.25, 0.3) is 0 Å². The summed E-state index contributed by atoms with van der Waals surface area (Å²) in [5.74, 6) is 0.902. The lowest BCUT2D eigenvalue weighted by Crippen LogP contribution is -2.33. The molecule has 0 N–H and O–H groups in total. The molecule has 1 aliphatic heterocycles. The molecule has 2 rings (SSSR count). The average molecular weight is 261 g/mol. The highest BCUT2D eigenvalue weighted by Crippen LogP contribution is 2.25. The van der Waals surface area contributed by atoms with Gasteiger partial charge in [-0.2, -0.15) is 13.2 Å². The Morgan fingerprint density at radius 3 is 2.72 bits per heavy atom. The van der Waals surface area contributed by atoms with Crippen molar-refractivity contribution in [2.24, 2.45) is 0 Å². The normalized spacial score (nSPS) is 25.9. The molecule has 0 aromatic carbocycles. The molecule has 5 heteroatoms. The summed E-state index contributed by atoms with van der Waals surface area (Å²) in [5.41, 5.74) is 1.31. The zero-order chi connectivity index (χ0) is 13.2. The Hall–Kier alpha value is -0.970. The fraction of sp³-hybridized carbons (Fsp3) is 0.692. The molecule has 1 aliphatic carbocycles. The molecule has 0 amide bonds. The molecule has 0 saturated carbocycles. The van der Waals surface area contributed by atoms with Gasteiger partial charge >= 0.3 is 6.18 Å². The second-order valence-corrected chi connectivity index (χ2v) is 5.02. The molecule has 2 nitrogen and oxygen atoms in total. The zero-order valence-corrected chi connectivity index (χ0v) is 10.5. The number of halogens is 3. The van der Waals surface area contributed by atoms with Gasteiger partial charge in [-0.05, 0) is 25.8 Å². The second-order valence-electron chi connectivity index (χ2n) is 5.02. The molecule has 1 fully saturated rings. The van der Waals surface area contributed by atoms with Gasteiger partial charge in [0.05, 0.1) is 12.3 Å². The Bertz CT molecular complexity index is 360. The van der Waals surface area contributed by atoms with Gasteiger partial charge in [-0.15, -0.1) is 0 Å². The lowest BCUT2D eigenvalue weighted by molar-refractivity contribution is -0.144. The van der Waals surface area contributed by atoms with E-state index in [9.17, 15) is 13.2 Å². The molecule has 1 unspecified atom stereocenters. The quantitative estimate of drug-likeness (QED) is 0.773. The van der Waals surface area contributed by atoms with Crippen LogP contribution in [0.3, 0.4) is 0 Å². The van der Waals surface area contributed by atoms with Crippen LogP contribution in [0.5, 0.6) is 0 Å². The van der Waals surface area contributed by atoms with Crippen molar-refractivity contribution < 1.29 is 17.9 Å². The molecule has 18 heavy (non-hydrogen) atoms. The molecule has 0 bridgehead atoms. The topological polar surface area (TPSA) is 12.5 Å². The van der Waals surface area contributed by atoms with Crippen molar-refractivity contribution in [3.63, 3.8) is 0 Å². The van der Waals surface area contributed by atoms with E-state index in [0.717, 1.165) is 18.6 Å². The first-order chi connectivity index (χ1) is 8.42. The summed E-state index contributed by atoms with van der Waals surface area (Å²) in [6.07, 6.45) is 2.26. The van der Waals surface area contributed by atoms with Crippen LogP contribution < -0.4 is 0 Å². The summed E-state index contributed by atoms with van der Waals surface area (Å²) in [5, 5.41) is 0. The van der Waals surface area contributed by atoms with E-state index < -0.39 is 12.7 Å². The van der Waals surface area contributed by atoms with Crippen molar-refractivity contribution in [3.8, 4) is 0 Å². The van der Waals surface area contributed by atoms with Crippen LogP contribution >= 0.6 is 0 Å². The number of rotatable bonds is 3. The molecule has 1 heterocycles. The Morgan fingerprint density at radius 2 is 2.11 bits per heavy atom. The predicted molar refractivity (Wildman–Crippen MR) is 63.1 cm³/mol. The smallest absolute Gasteiger partial charge is 0.401 e. The number of allylic oxidation sites excluding steroid dienone is 4. The van der Waals surface area contributed by atoms with Gasteiger partial charge in [0.15, 0.2) is 0 Å². The maximum Gasteiger partial charge on any atom is 0.401 e. The van der Waals surface area contributed by atoms with Gasteiger partial charge in [0.2, 0.25) is 0 Å². The summed E-state index contributed by atoms with van der Waals surface area (Å²) >= 11 is 0. The third-order valence-corrected chi connectivity index (χ3v) is 3.27. The first kappa shape index (κ1) is 13.5. The first-order valence-corrected chi connectivity index (χ1v) is 6.24. The van der Waals surface area contributed by atoms with Crippen LogP contribution in [-0.4, -0.2) is 36.8 Å². The minimum absolute atomic E-state index is 0.0922. The molecule has 102 valence electrons. The second kappa shape index (κ2) is 5.34. The monoisotopic (exact) mass is 261 g/mol. The summed E-state index contributed by atoms with van der Waals surface area (Å²) in [7, 11) is 0. The summed E-state index contributed by atoms with van der Waals surface area (Å²) in [6, 6.07) is 0. The number of hydrogen-bond acceptors (Lipinski definition) is 2. The van der Waals surface area contributed by atoms with E-state index in [2.05, 4.69) is 6.92 Å². The standard InChI is InChI=1S/C13H18F3NO/c1-10-2-4-11(5-3-10)18-12-6-7-17(8-12)9-13(14,15)16/h2,4,12H,3,5-9H2,1H3. The minimum atomic E-state index is -4.11. The van der Waals surface area contributed by atoms with Crippen molar-refractivity contribution in [3.05, 3.63) is 23.5 Å². The van der Waals surface area contributed by atoms with Crippen LogP contribution in [0.1, 0.15) is 26.2 Å². The fourth-order valence-corrected chi connectivity index (χ4v) is 2.32. The molecule has 0 spiro atoms. The number of ether oxygens (including phenoxy) is 1. The van der Waals surface area contributed by atoms with E-state index in [-0.39, 0.29) is 6.10 Å². The van der Waals surface area contributed by atoms with Gasteiger partial charge < -0.3 is 4.74 Å². The molecule has 2 aliphatic rings. The van der Waals surface area contributed by atoms with Crippen LogP contribution in [0, 0.1) is 0 Å². The molecule has 1 atom stereocenters. The lowest BCUT2D eigenvalue weighted by atomic mass is 10.1. The van der Waals surface area contributed by atoms with Crippen LogP contribution in [0.2, 0.25) is 0 Å². The minimum Gasteiger partial charge on any atom is -0.493 e. The van der Waals surface area contributed by atoms with Crippen molar-refractivity contribution in [2.75, 3.05) is 19.6 Å². The number of hydrogen-bond donors (Lipinski definition) is 0.